The van der Waals surface area contributed by atoms with Gasteiger partial charge in [-0.25, -0.2) is 4.98 Å². The zero-order valence-corrected chi connectivity index (χ0v) is 15.3. The summed E-state index contributed by atoms with van der Waals surface area (Å²) in [5.74, 6) is 0.510. The van der Waals surface area contributed by atoms with Gasteiger partial charge in [0.25, 0.3) is 11.5 Å². The Bertz CT molecular complexity index is 830. The first-order valence-corrected chi connectivity index (χ1v) is 9.52. The van der Waals surface area contributed by atoms with E-state index in [1.807, 2.05) is 41.1 Å². The molecule has 2 aromatic heterocycles. The molecule has 2 aliphatic rings. The van der Waals surface area contributed by atoms with Crippen molar-refractivity contribution in [1.29, 1.82) is 0 Å². The number of pyridine rings is 1. The number of piperidine rings is 1. The van der Waals surface area contributed by atoms with Crippen LogP contribution in [0.3, 0.4) is 0 Å². The van der Waals surface area contributed by atoms with Gasteiger partial charge in [0.15, 0.2) is 0 Å². The van der Waals surface area contributed by atoms with Crippen molar-refractivity contribution in [2.75, 3.05) is 33.7 Å². The predicted octanol–water partition coefficient (Wildman–Crippen LogP) is 1.67. The molecule has 25 heavy (non-hydrogen) atoms. The molecule has 2 aliphatic heterocycles. The number of thiazole rings is 1. The van der Waals surface area contributed by atoms with Crippen LogP contribution in [0.25, 0.3) is 0 Å². The second kappa shape index (κ2) is 6.38. The molecule has 0 aromatic carbocycles. The summed E-state index contributed by atoms with van der Waals surface area (Å²) in [5.41, 5.74) is 3.35. The topological polar surface area (TPSA) is 58.4 Å². The number of hydrogen-bond donors (Lipinski definition) is 0. The zero-order valence-electron chi connectivity index (χ0n) is 14.5. The van der Waals surface area contributed by atoms with Crippen LogP contribution in [0.5, 0.6) is 0 Å². The Hall–Kier alpha value is -1.99. The Kier molecular flexibility index (Phi) is 4.21. The molecule has 4 heterocycles. The van der Waals surface area contributed by atoms with E-state index in [4.69, 9.17) is 0 Å². The maximum atomic E-state index is 12.8. The van der Waals surface area contributed by atoms with E-state index in [0.717, 1.165) is 18.7 Å². The molecular weight excluding hydrogens is 336 g/mol. The van der Waals surface area contributed by atoms with Gasteiger partial charge in [0.2, 0.25) is 0 Å². The van der Waals surface area contributed by atoms with Gasteiger partial charge < -0.3 is 14.4 Å². The molecule has 6 nitrogen and oxygen atoms in total. The molecule has 1 fully saturated rings. The normalized spacial score (nSPS) is 25.1. The molecular formula is C18H22N4O2S. The number of likely N-dealkylation sites (N-methyl/N-ethyl adjacent to an activating group) is 1. The van der Waals surface area contributed by atoms with Crippen molar-refractivity contribution in [3.63, 3.8) is 0 Å². The van der Waals surface area contributed by atoms with Crippen LogP contribution in [0.2, 0.25) is 0 Å². The van der Waals surface area contributed by atoms with E-state index in [1.54, 1.807) is 11.6 Å². The van der Waals surface area contributed by atoms with Crippen LogP contribution in [-0.4, -0.2) is 59.0 Å². The molecule has 0 unspecified atom stereocenters. The van der Waals surface area contributed by atoms with Crippen LogP contribution in [0.1, 0.15) is 34.6 Å². The van der Waals surface area contributed by atoms with Gasteiger partial charge in [0, 0.05) is 42.7 Å². The van der Waals surface area contributed by atoms with E-state index in [-0.39, 0.29) is 29.3 Å². The predicted molar refractivity (Wildman–Crippen MR) is 97.2 cm³/mol. The van der Waals surface area contributed by atoms with Gasteiger partial charge in [-0.1, -0.05) is 6.07 Å². The fourth-order valence-electron chi connectivity index (χ4n) is 4.30. The van der Waals surface area contributed by atoms with Gasteiger partial charge in [0.1, 0.15) is 5.69 Å². The molecule has 7 heteroatoms. The Balaban J connectivity index is 1.71. The number of carbonyl (C=O) groups excluding carboxylic acids is 1. The van der Waals surface area contributed by atoms with Crippen LogP contribution in [-0.2, 0) is 0 Å². The number of nitrogens with zero attached hydrogens (tertiary/aromatic N) is 4. The Labute approximate surface area is 150 Å². The van der Waals surface area contributed by atoms with Gasteiger partial charge in [-0.05, 0) is 32.5 Å². The molecule has 1 amide bonds. The Morgan fingerprint density at radius 2 is 2.20 bits per heavy atom. The van der Waals surface area contributed by atoms with Gasteiger partial charge in [-0.3, -0.25) is 9.59 Å². The lowest BCUT2D eigenvalue weighted by molar-refractivity contribution is 0.0494. The van der Waals surface area contributed by atoms with Crippen molar-refractivity contribution >= 4 is 17.2 Å². The van der Waals surface area contributed by atoms with Gasteiger partial charge in [-0.2, -0.15) is 0 Å². The fraction of sp³-hybridized carbons (Fsp3) is 0.500. The highest BCUT2D eigenvalue weighted by Gasteiger charge is 2.42. The summed E-state index contributed by atoms with van der Waals surface area (Å²) in [6.45, 7) is 2.14. The van der Waals surface area contributed by atoms with Gasteiger partial charge in [0.05, 0.1) is 11.6 Å². The first kappa shape index (κ1) is 16.5. The van der Waals surface area contributed by atoms with E-state index in [1.165, 1.54) is 11.3 Å². The number of hydrogen-bond acceptors (Lipinski definition) is 5. The molecule has 1 saturated heterocycles. The molecule has 0 saturated carbocycles. The molecule has 2 aromatic rings. The summed E-state index contributed by atoms with van der Waals surface area (Å²) in [7, 11) is 4.06. The monoisotopic (exact) mass is 358 g/mol. The first-order valence-electron chi connectivity index (χ1n) is 8.58. The van der Waals surface area contributed by atoms with Gasteiger partial charge >= 0.3 is 0 Å². The zero-order chi connectivity index (χ0) is 17.6. The highest BCUT2D eigenvalue weighted by Crippen LogP contribution is 2.41. The number of fused-ring (bicyclic) bond motifs is 4. The second-order valence-corrected chi connectivity index (χ2v) is 7.98. The number of aromatic nitrogens is 2. The number of rotatable bonds is 3. The van der Waals surface area contributed by atoms with E-state index >= 15 is 0 Å². The third kappa shape index (κ3) is 2.91. The fourth-order valence-corrected chi connectivity index (χ4v) is 4.82. The maximum Gasteiger partial charge on any atom is 0.273 e. The highest BCUT2D eigenvalue weighted by molar-refractivity contribution is 7.07. The Morgan fingerprint density at radius 1 is 1.36 bits per heavy atom. The van der Waals surface area contributed by atoms with Crippen molar-refractivity contribution in [1.82, 2.24) is 19.4 Å². The van der Waals surface area contributed by atoms with Gasteiger partial charge in [-0.15, -0.1) is 11.3 Å². The quantitative estimate of drug-likeness (QED) is 0.837. The molecule has 2 bridgehead atoms. The maximum absolute atomic E-state index is 12.8. The van der Waals surface area contributed by atoms with Crippen LogP contribution < -0.4 is 5.56 Å². The minimum absolute atomic E-state index is 0.00582. The molecule has 0 spiro atoms. The number of amides is 1. The Morgan fingerprint density at radius 3 is 2.92 bits per heavy atom. The van der Waals surface area contributed by atoms with E-state index < -0.39 is 0 Å². The summed E-state index contributed by atoms with van der Waals surface area (Å²) < 4.78 is 1.98. The van der Waals surface area contributed by atoms with Crippen molar-refractivity contribution in [2.45, 2.75) is 18.4 Å². The van der Waals surface area contributed by atoms with Crippen molar-refractivity contribution in [3.8, 4) is 0 Å². The number of likely N-dealkylation sites (tertiary alicyclic amines) is 1. The lowest BCUT2D eigenvalue weighted by Crippen LogP contribution is -2.52. The molecule has 0 N–H and O–H groups in total. The average Bonchev–Trinajstić information content (AvgIpc) is 3.12. The van der Waals surface area contributed by atoms with Crippen molar-refractivity contribution in [3.05, 3.63) is 50.8 Å². The smallest absolute Gasteiger partial charge is 0.273 e. The molecule has 132 valence electrons. The van der Waals surface area contributed by atoms with Crippen LogP contribution in [0.15, 0.2) is 33.9 Å². The van der Waals surface area contributed by atoms with E-state index in [9.17, 15) is 9.59 Å². The van der Waals surface area contributed by atoms with E-state index in [0.29, 0.717) is 18.8 Å². The minimum Gasteiger partial charge on any atom is -0.336 e. The first-order chi connectivity index (χ1) is 12.0. The molecule has 0 radical (unpaired) electrons. The van der Waals surface area contributed by atoms with Crippen molar-refractivity contribution in [2.24, 2.45) is 5.92 Å². The van der Waals surface area contributed by atoms with Crippen LogP contribution in [0.4, 0.5) is 0 Å². The second-order valence-electron chi connectivity index (χ2n) is 7.27. The summed E-state index contributed by atoms with van der Waals surface area (Å²) >= 11 is 1.44. The summed E-state index contributed by atoms with van der Waals surface area (Å²) in [6, 6.07) is 5.62. The lowest BCUT2D eigenvalue weighted by atomic mass is 9.78. The standard InChI is InChI=1S/C18H22N4O2S/c1-20(2)9-16-13-6-12(15-4-3-5-17(23)22(15)16)7-21(8-13)18(24)14-10-25-11-19-14/h3-5,10-13,16H,6-9H2,1-2H3/t12-,13+,16+/m1/s1. The average molecular weight is 358 g/mol. The summed E-state index contributed by atoms with van der Waals surface area (Å²) in [5, 5.41) is 1.81. The molecule has 3 atom stereocenters. The highest BCUT2D eigenvalue weighted by atomic mass is 32.1. The minimum atomic E-state index is 0.00582. The largest absolute Gasteiger partial charge is 0.336 e. The molecule has 0 aliphatic carbocycles. The lowest BCUT2D eigenvalue weighted by Gasteiger charge is -2.47. The molecule has 4 rings (SSSR count). The van der Waals surface area contributed by atoms with Crippen molar-refractivity contribution < 1.29 is 4.79 Å². The van der Waals surface area contributed by atoms with Crippen LogP contribution >= 0.6 is 11.3 Å². The SMILES string of the molecule is CN(C)C[C@H]1[C@H]2C[C@H](CN(C(=O)c3cscn3)C2)c2cccc(=O)n21. The number of carbonyl (C=O) groups is 1. The summed E-state index contributed by atoms with van der Waals surface area (Å²) in [4.78, 5) is 33.6. The van der Waals surface area contributed by atoms with E-state index in [2.05, 4.69) is 9.88 Å². The van der Waals surface area contributed by atoms with Crippen LogP contribution in [0, 0.1) is 5.92 Å². The third-order valence-corrected chi connectivity index (χ3v) is 5.88. The third-order valence-electron chi connectivity index (χ3n) is 5.29. The summed E-state index contributed by atoms with van der Waals surface area (Å²) in [6.07, 6.45) is 1.03.